The van der Waals surface area contributed by atoms with Crippen molar-refractivity contribution in [3.05, 3.63) is 82.5 Å². The lowest BCUT2D eigenvalue weighted by Crippen LogP contribution is -2.22. The number of benzene rings is 3. The molecule has 4 N–H and O–H groups in total. The predicted molar refractivity (Wildman–Crippen MR) is 129 cm³/mol. The van der Waals surface area contributed by atoms with Gasteiger partial charge in [-0.05, 0) is 35.9 Å². The van der Waals surface area contributed by atoms with Crippen molar-refractivity contribution in [3.63, 3.8) is 0 Å². The number of aromatic hydroxyl groups is 4. The number of phenolic OH excluding ortho intramolecular Hbond substituents is 3. The Morgan fingerprint density at radius 2 is 1.81 bits per heavy atom. The van der Waals surface area contributed by atoms with Gasteiger partial charge in [0, 0.05) is 23.1 Å². The Morgan fingerprint density at radius 3 is 2.56 bits per heavy atom. The molecule has 0 aliphatic carbocycles. The van der Waals surface area contributed by atoms with E-state index >= 15 is 0 Å². The number of rotatable bonds is 5. The molecule has 1 aliphatic heterocycles. The first-order chi connectivity index (χ1) is 17.3. The third-order valence-electron chi connectivity index (χ3n) is 5.93. The van der Waals surface area contributed by atoms with E-state index in [0.717, 1.165) is 12.1 Å². The van der Waals surface area contributed by atoms with Gasteiger partial charge >= 0.3 is 5.97 Å². The van der Waals surface area contributed by atoms with Gasteiger partial charge in [0.1, 0.15) is 34.8 Å². The number of hydrogen-bond acceptors (Lipinski definition) is 9. The van der Waals surface area contributed by atoms with Crippen LogP contribution < -0.4 is 14.9 Å². The fourth-order valence-corrected chi connectivity index (χ4v) is 4.30. The maximum atomic E-state index is 13.1. The fourth-order valence-electron chi connectivity index (χ4n) is 4.30. The standard InChI is InChI=1S/C27H20O9/c1-2-8-34-15-5-3-4-13(9-15)16-11-21(31)35-20-12-19(30)23-24(32)25(33)26(36-27(23)22(16)20)14-6-7-17(28)18(29)10-14/h2-7,9-10,12,16,28-30,33H,1,8,11H2/t16-/m1/s1. The normalized spacial score (nSPS) is 14.8. The third kappa shape index (κ3) is 3.76. The van der Waals surface area contributed by atoms with E-state index in [9.17, 15) is 30.0 Å². The summed E-state index contributed by atoms with van der Waals surface area (Å²) in [5.41, 5.74) is 0.0804. The summed E-state index contributed by atoms with van der Waals surface area (Å²) >= 11 is 0. The smallest absolute Gasteiger partial charge is 0.312 e. The molecule has 1 aromatic heterocycles. The van der Waals surface area contributed by atoms with Crippen LogP contribution in [0.2, 0.25) is 0 Å². The zero-order valence-electron chi connectivity index (χ0n) is 18.7. The maximum absolute atomic E-state index is 13.1. The van der Waals surface area contributed by atoms with Crippen molar-refractivity contribution in [1.29, 1.82) is 0 Å². The van der Waals surface area contributed by atoms with Crippen LogP contribution in [0.5, 0.6) is 34.5 Å². The number of phenols is 3. The molecule has 1 aliphatic rings. The Balaban J connectivity index is 1.79. The van der Waals surface area contributed by atoms with Crippen LogP contribution in [0.4, 0.5) is 0 Å². The summed E-state index contributed by atoms with van der Waals surface area (Å²) < 4.78 is 17.0. The molecule has 182 valence electrons. The molecular weight excluding hydrogens is 468 g/mol. The Bertz CT molecular complexity index is 1600. The zero-order chi connectivity index (χ0) is 25.6. The molecule has 0 saturated heterocycles. The molecule has 0 unspecified atom stereocenters. The fraction of sp³-hybridized carbons (Fsp3) is 0.111. The molecule has 5 rings (SSSR count). The van der Waals surface area contributed by atoms with Crippen molar-refractivity contribution in [3.8, 4) is 45.8 Å². The van der Waals surface area contributed by atoms with Crippen LogP contribution in [0.1, 0.15) is 23.5 Å². The summed E-state index contributed by atoms with van der Waals surface area (Å²) in [5.74, 6) is -3.16. The SMILES string of the molecule is C=CCOc1cccc([C@H]2CC(=O)Oc3cc(O)c4c(=O)c(O)c(-c5ccc(O)c(O)c5)oc4c32)c1. The largest absolute Gasteiger partial charge is 0.507 e. The van der Waals surface area contributed by atoms with Gasteiger partial charge in [0.25, 0.3) is 0 Å². The minimum Gasteiger partial charge on any atom is -0.507 e. The molecule has 36 heavy (non-hydrogen) atoms. The lowest BCUT2D eigenvalue weighted by molar-refractivity contribution is -0.135. The number of carbonyl (C=O) groups excluding carboxylic acids is 1. The highest BCUT2D eigenvalue weighted by molar-refractivity contribution is 5.94. The van der Waals surface area contributed by atoms with Gasteiger partial charge < -0.3 is 34.3 Å². The van der Waals surface area contributed by atoms with Crippen molar-refractivity contribution in [2.75, 3.05) is 6.61 Å². The van der Waals surface area contributed by atoms with Gasteiger partial charge in [0.2, 0.25) is 11.2 Å². The summed E-state index contributed by atoms with van der Waals surface area (Å²) in [6.45, 7) is 3.91. The zero-order valence-corrected chi connectivity index (χ0v) is 18.7. The quantitative estimate of drug-likeness (QED) is 0.140. The molecule has 0 radical (unpaired) electrons. The first kappa shape index (κ1) is 22.9. The first-order valence-electron chi connectivity index (χ1n) is 10.9. The highest BCUT2D eigenvalue weighted by Gasteiger charge is 2.34. The molecule has 0 spiro atoms. The highest BCUT2D eigenvalue weighted by atomic mass is 16.5. The highest BCUT2D eigenvalue weighted by Crippen LogP contribution is 2.47. The van der Waals surface area contributed by atoms with Crippen LogP contribution in [0, 0.1) is 0 Å². The molecule has 2 heterocycles. The van der Waals surface area contributed by atoms with Gasteiger partial charge in [-0.25, -0.2) is 0 Å². The van der Waals surface area contributed by atoms with Gasteiger partial charge in [0.05, 0.1) is 6.42 Å². The van der Waals surface area contributed by atoms with Crippen molar-refractivity contribution >= 4 is 16.9 Å². The lowest BCUT2D eigenvalue weighted by Gasteiger charge is -2.26. The second kappa shape index (κ2) is 8.70. The predicted octanol–water partition coefficient (Wildman–Crippen LogP) is 4.29. The first-order valence-corrected chi connectivity index (χ1v) is 10.9. The van der Waals surface area contributed by atoms with E-state index in [2.05, 4.69) is 6.58 Å². The number of fused-ring (bicyclic) bond motifs is 3. The van der Waals surface area contributed by atoms with Crippen LogP contribution >= 0.6 is 0 Å². The molecule has 4 aromatic rings. The summed E-state index contributed by atoms with van der Waals surface area (Å²) in [4.78, 5) is 25.6. The Hall–Kier alpha value is -4.92. The van der Waals surface area contributed by atoms with Gasteiger partial charge in [0.15, 0.2) is 17.3 Å². The number of carbonyl (C=O) groups is 1. The number of esters is 1. The van der Waals surface area contributed by atoms with E-state index in [1.165, 1.54) is 12.1 Å². The Morgan fingerprint density at radius 1 is 1.00 bits per heavy atom. The van der Waals surface area contributed by atoms with Crippen molar-refractivity contribution in [1.82, 2.24) is 0 Å². The van der Waals surface area contributed by atoms with E-state index in [4.69, 9.17) is 13.9 Å². The topological polar surface area (TPSA) is 147 Å². The van der Waals surface area contributed by atoms with Gasteiger partial charge in [-0.3, -0.25) is 9.59 Å². The van der Waals surface area contributed by atoms with E-state index in [-0.39, 0.29) is 41.1 Å². The van der Waals surface area contributed by atoms with Crippen LogP contribution in [0.25, 0.3) is 22.3 Å². The number of ether oxygens (including phenoxy) is 2. The molecule has 0 saturated carbocycles. The van der Waals surface area contributed by atoms with Crippen molar-refractivity contribution in [2.45, 2.75) is 12.3 Å². The summed E-state index contributed by atoms with van der Waals surface area (Å²) in [6, 6.07) is 11.8. The average Bonchev–Trinajstić information content (AvgIpc) is 2.85. The van der Waals surface area contributed by atoms with E-state index in [1.807, 2.05) is 0 Å². The van der Waals surface area contributed by atoms with E-state index in [1.54, 1.807) is 30.3 Å². The lowest BCUT2D eigenvalue weighted by atomic mass is 9.85. The summed E-state index contributed by atoms with van der Waals surface area (Å²) in [7, 11) is 0. The number of hydrogen-bond donors (Lipinski definition) is 4. The van der Waals surface area contributed by atoms with E-state index in [0.29, 0.717) is 16.9 Å². The summed E-state index contributed by atoms with van der Waals surface area (Å²) in [5, 5.41) is 40.5. The molecule has 9 heteroatoms. The average molecular weight is 488 g/mol. The van der Waals surface area contributed by atoms with Gasteiger partial charge in [-0.15, -0.1) is 0 Å². The monoisotopic (exact) mass is 488 g/mol. The second-order valence-electron chi connectivity index (χ2n) is 8.23. The minimum atomic E-state index is -0.919. The molecular formula is C27H20O9. The van der Waals surface area contributed by atoms with Gasteiger partial charge in [-0.2, -0.15) is 0 Å². The van der Waals surface area contributed by atoms with E-state index < -0.39 is 40.3 Å². The molecule has 0 bridgehead atoms. The van der Waals surface area contributed by atoms with Crippen LogP contribution in [-0.4, -0.2) is 33.0 Å². The molecule has 3 aromatic carbocycles. The molecule has 0 amide bonds. The third-order valence-corrected chi connectivity index (χ3v) is 5.93. The molecule has 1 atom stereocenters. The molecule has 0 fully saturated rings. The second-order valence-corrected chi connectivity index (χ2v) is 8.23. The molecule has 9 nitrogen and oxygen atoms in total. The van der Waals surface area contributed by atoms with Gasteiger partial charge in [-0.1, -0.05) is 24.8 Å². The van der Waals surface area contributed by atoms with Crippen molar-refractivity contribution in [2.24, 2.45) is 0 Å². The van der Waals surface area contributed by atoms with Crippen LogP contribution in [-0.2, 0) is 4.79 Å². The minimum absolute atomic E-state index is 0.00649. The van der Waals surface area contributed by atoms with Crippen molar-refractivity contribution < 1.29 is 39.1 Å². The maximum Gasteiger partial charge on any atom is 0.312 e. The van der Waals surface area contributed by atoms with Crippen LogP contribution in [0.3, 0.4) is 0 Å². The Labute approximate surface area is 203 Å². The van der Waals surface area contributed by atoms with Crippen LogP contribution in [0.15, 0.2) is 70.4 Å². The Kier molecular flexibility index (Phi) is 5.52. The summed E-state index contributed by atoms with van der Waals surface area (Å²) in [6.07, 6.45) is 1.51.